The van der Waals surface area contributed by atoms with Gasteiger partial charge in [0.2, 0.25) is 11.8 Å². The van der Waals surface area contributed by atoms with Crippen LogP contribution in [0.25, 0.3) is 0 Å². The predicted octanol–water partition coefficient (Wildman–Crippen LogP) is 2.34. The number of hydrogen-bond acceptors (Lipinski definition) is 3. The van der Waals surface area contributed by atoms with Crippen LogP contribution in [-0.2, 0) is 16.0 Å². The number of benzene rings is 1. The second-order valence-electron chi connectivity index (χ2n) is 6.67. The topological polar surface area (TPSA) is 69.6 Å². The van der Waals surface area contributed by atoms with Gasteiger partial charge >= 0.3 is 0 Å². The Labute approximate surface area is 137 Å². The van der Waals surface area contributed by atoms with Crippen LogP contribution < -0.4 is 5.32 Å². The lowest BCUT2D eigenvalue weighted by Crippen LogP contribution is -2.35. The second kappa shape index (κ2) is 7.59. The largest absolute Gasteiger partial charge is 0.389 e. The molecule has 23 heavy (non-hydrogen) atoms. The third kappa shape index (κ3) is 5.36. The Morgan fingerprint density at radius 1 is 1.13 bits per heavy atom. The van der Waals surface area contributed by atoms with E-state index in [0.29, 0.717) is 24.9 Å². The van der Waals surface area contributed by atoms with Crippen molar-refractivity contribution >= 4 is 17.5 Å². The molecule has 2 N–H and O–H groups in total. The molecule has 0 atom stereocenters. The summed E-state index contributed by atoms with van der Waals surface area (Å²) in [5, 5.41) is 13.2. The van der Waals surface area contributed by atoms with Crippen LogP contribution >= 0.6 is 0 Å². The molecule has 2 amide bonds. The molecule has 0 spiro atoms. The van der Waals surface area contributed by atoms with E-state index in [1.54, 1.807) is 31.1 Å². The maximum atomic E-state index is 12.1. The van der Waals surface area contributed by atoms with Crippen molar-refractivity contribution in [3.8, 4) is 0 Å². The normalized spacial score (nSPS) is 16.7. The van der Waals surface area contributed by atoms with E-state index in [0.717, 1.165) is 24.8 Å². The molecule has 0 aromatic heterocycles. The third-order valence-corrected chi connectivity index (χ3v) is 4.37. The van der Waals surface area contributed by atoms with Crippen molar-refractivity contribution in [2.75, 3.05) is 19.4 Å². The van der Waals surface area contributed by atoms with E-state index in [2.05, 4.69) is 5.32 Å². The van der Waals surface area contributed by atoms with E-state index in [-0.39, 0.29) is 18.2 Å². The minimum absolute atomic E-state index is 0.0429. The molecule has 0 bridgehead atoms. The Morgan fingerprint density at radius 3 is 2.30 bits per heavy atom. The molecule has 1 aliphatic carbocycles. The number of likely N-dealkylation sites (N-methyl/N-ethyl adjacent to an activating group) is 1. The highest BCUT2D eigenvalue weighted by atomic mass is 16.3. The van der Waals surface area contributed by atoms with Gasteiger partial charge < -0.3 is 15.3 Å². The summed E-state index contributed by atoms with van der Waals surface area (Å²) in [6, 6.07) is 7.26. The molecule has 5 nitrogen and oxygen atoms in total. The van der Waals surface area contributed by atoms with Crippen LogP contribution in [0.15, 0.2) is 24.3 Å². The van der Waals surface area contributed by atoms with E-state index >= 15 is 0 Å². The molecular formula is C18H26N2O3. The zero-order chi connectivity index (χ0) is 16.9. The molecule has 1 fully saturated rings. The van der Waals surface area contributed by atoms with Crippen molar-refractivity contribution in [2.45, 2.75) is 50.5 Å². The van der Waals surface area contributed by atoms with E-state index in [4.69, 9.17) is 0 Å². The smallest absolute Gasteiger partial charge is 0.227 e. The van der Waals surface area contributed by atoms with Crippen LogP contribution in [0.2, 0.25) is 0 Å². The minimum atomic E-state index is -0.847. The van der Waals surface area contributed by atoms with E-state index < -0.39 is 5.60 Å². The van der Waals surface area contributed by atoms with Crippen molar-refractivity contribution in [3.05, 3.63) is 29.8 Å². The molecule has 1 aliphatic rings. The first-order chi connectivity index (χ1) is 10.9. The van der Waals surface area contributed by atoms with Gasteiger partial charge in [-0.3, -0.25) is 9.59 Å². The van der Waals surface area contributed by atoms with Gasteiger partial charge in [-0.2, -0.15) is 0 Å². The Kier molecular flexibility index (Phi) is 5.77. The molecule has 5 heteroatoms. The monoisotopic (exact) mass is 318 g/mol. The Hall–Kier alpha value is -1.88. The van der Waals surface area contributed by atoms with Crippen molar-refractivity contribution in [3.63, 3.8) is 0 Å². The fourth-order valence-electron chi connectivity index (χ4n) is 2.93. The number of nitrogens with zero attached hydrogens (tertiary/aromatic N) is 1. The van der Waals surface area contributed by atoms with Crippen LogP contribution in [0.3, 0.4) is 0 Å². The lowest BCUT2D eigenvalue weighted by atomic mass is 9.82. The number of carbonyl (C=O) groups excluding carboxylic acids is 2. The molecule has 2 rings (SSSR count). The molecule has 0 saturated heterocycles. The highest BCUT2D eigenvalue weighted by Crippen LogP contribution is 2.31. The summed E-state index contributed by atoms with van der Waals surface area (Å²) in [5.41, 5.74) is 0.753. The summed E-state index contributed by atoms with van der Waals surface area (Å²) in [6.07, 6.45) is 5.00. The summed E-state index contributed by atoms with van der Waals surface area (Å²) in [7, 11) is 3.46. The molecule has 0 unspecified atom stereocenters. The quantitative estimate of drug-likeness (QED) is 0.875. The minimum Gasteiger partial charge on any atom is -0.389 e. The summed E-state index contributed by atoms with van der Waals surface area (Å²) >= 11 is 0. The Balaban J connectivity index is 1.87. The SMILES string of the molecule is CN(C)C(=O)Cc1ccc(NC(=O)CC2(O)CCCCC2)cc1. The van der Waals surface area contributed by atoms with Gasteiger partial charge in [-0.25, -0.2) is 0 Å². The van der Waals surface area contributed by atoms with Gasteiger partial charge in [-0.15, -0.1) is 0 Å². The first kappa shape index (κ1) is 17.5. The zero-order valence-electron chi connectivity index (χ0n) is 14.0. The standard InChI is InChI=1S/C18H26N2O3/c1-20(2)17(22)12-14-6-8-15(9-7-14)19-16(21)13-18(23)10-4-3-5-11-18/h6-9,23H,3-5,10-13H2,1-2H3,(H,19,21). The number of amides is 2. The van der Waals surface area contributed by atoms with Crippen molar-refractivity contribution < 1.29 is 14.7 Å². The van der Waals surface area contributed by atoms with E-state index in [1.165, 1.54) is 0 Å². The van der Waals surface area contributed by atoms with Crippen molar-refractivity contribution in [1.82, 2.24) is 4.90 Å². The number of rotatable bonds is 5. The summed E-state index contributed by atoms with van der Waals surface area (Å²) < 4.78 is 0. The molecular weight excluding hydrogens is 292 g/mol. The number of nitrogens with one attached hydrogen (secondary N) is 1. The number of carbonyl (C=O) groups is 2. The highest BCUT2D eigenvalue weighted by molar-refractivity contribution is 5.91. The van der Waals surface area contributed by atoms with E-state index in [1.807, 2.05) is 12.1 Å². The summed E-state index contributed by atoms with van der Waals surface area (Å²) in [4.78, 5) is 25.3. The highest BCUT2D eigenvalue weighted by Gasteiger charge is 2.31. The van der Waals surface area contributed by atoms with Gasteiger partial charge in [-0.1, -0.05) is 31.4 Å². The van der Waals surface area contributed by atoms with Gasteiger partial charge in [0.1, 0.15) is 0 Å². The van der Waals surface area contributed by atoms with Crippen LogP contribution in [0.1, 0.15) is 44.1 Å². The fourth-order valence-corrected chi connectivity index (χ4v) is 2.93. The average molecular weight is 318 g/mol. The number of hydrogen-bond donors (Lipinski definition) is 2. The zero-order valence-corrected chi connectivity index (χ0v) is 14.0. The van der Waals surface area contributed by atoms with Gasteiger partial charge in [0.15, 0.2) is 0 Å². The summed E-state index contributed by atoms with van der Waals surface area (Å²) in [6.45, 7) is 0. The lowest BCUT2D eigenvalue weighted by Gasteiger charge is -2.31. The summed E-state index contributed by atoms with van der Waals surface area (Å²) in [5.74, 6) is -0.118. The lowest BCUT2D eigenvalue weighted by molar-refractivity contribution is -0.128. The van der Waals surface area contributed by atoms with Gasteiger partial charge in [0, 0.05) is 19.8 Å². The first-order valence-corrected chi connectivity index (χ1v) is 8.19. The first-order valence-electron chi connectivity index (χ1n) is 8.19. The number of anilines is 1. The van der Waals surface area contributed by atoms with Crippen LogP contribution in [0.5, 0.6) is 0 Å². The van der Waals surface area contributed by atoms with Crippen LogP contribution in [-0.4, -0.2) is 41.5 Å². The van der Waals surface area contributed by atoms with Crippen molar-refractivity contribution in [2.24, 2.45) is 0 Å². The van der Waals surface area contributed by atoms with Gasteiger partial charge in [0.05, 0.1) is 18.4 Å². The van der Waals surface area contributed by atoms with Crippen LogP contribution in [0, 0.1) is 0 Å². The average Bonchev–Trinajstić information content (AvgIpc) is 2.49. The molecule has 1 aromatic rings. The maximum absolute atomic E-state index is 12.1. The Morgan fingerprint density at radius 2 is 1.74 bits per heavy atom. The predicted molar refractivity (Wildman–Crippen MR) is 90.1 cm³/mol. The maximum Gasteiger partial charge on any atom is 0.227 e. The van der Waals surface area contributed by atoms with Gasteiger partial charge in [0.25, 0.3) is 0 Å². The third-order valence-electron chi connectivity index (χ3n) is 4.37. The Bertz CT molecular complexity index is 546. The van der Waals surface area contributed by atoms with Crippen LogP contribution in [0.4, 0.5) is 5.69 Å². The second-order valence-corrected chi connectivity index (χ2v) is 6.67. The molecule has 0 radical (unpaired) electrons. The molecule has 1 saturated carbocycles. The molecule has 126 valence electrons. The van der Waals surface area contributed by atoms with Crippen molar-refractivity contribution in [1.29, 1.82) is 0 Å². The molecule has 0 aliphatic heterocycles. The number of aliphatic hydroxyl groups is 1. The van der Waals surface area contributed by atoms with E-state index in [9.17, 15) is 14.7 Å². The molecule has 1 aromatic carbocycles. The fraction of sp³-hybridized carbons (Fsp3) is 0.556. The molecule has 0 heterocycles. The van der Waals surface area contributed by atoms with Gasteiger partial charge in [-0.05, 0) is 30.5 Å².